The molecule has 1 aromatic carbocycles. The van der Waals surface area contributed by atoms with E-state index in [9.17, 15) is 4.79 Å². The van der Waals surface area contributed by atoms with Gasteiger partial charge in [0.15, 0.2) is 0 Å². The Morgan fingerprint density at radius 3 is 2.56 bits per heavy atom. The summed E-state index contributed by atoms with van der Waals surface area (Å²) in [6.45, 7) is 2.48. The van der Waals surface area contributed by atoms with Gasteiger partial charge >= 0.3 is 5.97 Å². The first kappa shape index (κ1) is 10.8. The van der Waals surface area contributed by atoms with E-state index in [0.29, 0.717) is 6.61 Å². The third kappa shape index (κ3) is 2.10. The van der Waals surface area contributed by atoms with E-state index in [4.69, 9.17) is 9.47 Å². The highest BCUT2D eigenvalue weighted by atomic mass is 16.5. The lowest BCUT2D eigenvalue weighted by Gasteiger charge is -2.14. The highest BCUT2D eigenvalue weighted by Crippen LogP contribution is 2.21. The predicted molar refractivity (Wildman–Crippen MR) is 60.5 cm³/mol. The van der Waals surface area contributed by atoms with E-state index in [1.807, 2.05) is 31.2 Å². The van der Waals surface area contributed by atoms with Gasteiger partial charge in [-0.05, 0) is 24.3 Å². The minimum atomic E-state index is -0.242. The van der Waals surface area contributed by atoms with Crippen LogP contribution in [0.1, 0.15) is 6.92 Å². The van der Waals surface area contributed by atoms with E-state index in [0.717, 1.165) is 11.4 Å². The summed E-state index contributed by atoms with van der Waals surface area (Å²) in [5, 5.41) is 3.16. The summed E-state index contributed by atoms with van der Waals surface area (Å²) in [4.78, 5) is 11.4. The summed E-state index contributed by atoms with van der Waals surface area (Å²) in [5.74, 6) is 0.825. The smallest absolute Gasteiger partial charge is 0.328 e. The van der Waals surface area contributed by atoms with Crippen LogP contribution in [-0.2, 0) is 9.53 Å². The van der Waals surface area contributed by atoms with Crippen LogP contribution in [0.3, 0.4) is 0 Å². The Morgan fingerprint density at radius 2 is 2.06 bits per heavy atom. The van der Waals surface area contributed by atoms with Crippen LogP contribution >= 0.6 is 0 Å². The molecule has 0 amide bonds. The van der Waals surface area contributed by atoms with Crippen molar-refractivity contribution in [2.75, 3.05) is 19.0 Å². The molecular formula is C12H15NO3. The maximum Gasteiger partial charge on any atom is 0.328 e. The van der Waals surface area contributed by atoms with Gasteiger partial charge in [-0.1, -0.05) is 6.92 Å². The first-order chi connectivity index (χ1) is 7.70. The number of esters is 1. The van der Waals surface area contributed by atoms with E-state index in [2.05, 4.69) is 5.32 Å². The molecule has 0 saturated carbocycles. The predicted octanol–water partition coefficient (Wildman–Crippen LogP) is 1.67. The van der Waals surface area contributed by atoms with Crippen molar-refractivity contribution >= 4 is 11.7 Å². The van der Waals surface area contributed by atoms with Crippen LogP contribution in [0, 0.1) is 5.92 Å². The monoisotopic (exact) mass is 221 g/mol. The van der Waals surface area contributed by atoms with Gasteiger partial charge in [0.2, 0.25) is 0 Å². The van der Waals surface area contributed by atoms with Gasteiger partial charge in [0.25, 0.3) is 0 Å². The largest absolute Gasteiger partial charge is 0.497 e. The summed E-state index contributed by atoms with van der Waals surface area (Å²) < 4.78 is 10.0. The standard InChI is InChI=1S/C12H15NO3/c1-8-7-16-12(14)11(8)13-9-3-5-10(15-2)6-4-9/h3-6,8,11,13H,7H2,1-2H3/t8-,11-/m0/s1. The lowest BCUT2D eigenvalue weighted by atomic mass is 10.1. The number of hydrogen-bond donors (Lipinski definition) is 1. The van der Waals surface area contributed by atoms with E-state index in [1.54, 1.807) is 7.11 Å². The fourth-order valence-corrected chi connectivity index (χ4v) is 1.70. The number of rotatable bonds is 3. The Labute approximate surface area is 94.6 Å². The van der Waals surface area contributed by atoms with Crippen molar-refractivity contribution in [3.05, 3.63) is 24.3 Å². The minimum absolute atomic E-state index is 0.177. The van der Waals surface area contributed by atoms with Crippen LogP contribution in [-0.4, -0.2) is 25.7 Å². The SMILES string of the molecule is COc1ccc(N[C@@H]2C(=O)OC[C@@H]2C)cc1. The van der Waals surface area contributed by atoms with Crippen molar-refractivity contribution < 1.29 is 14.3 Å². The molecule has 1 aromatic rings. The molecular weight excluding hydrogens is 206 g/mol. The number of anilines is 1. The molecule has 2 rings (SSSR count). The topological polar surface area (TPSA) is 47.6 Å². The van der Waals surface area contributed by atoms with E-state index in [-0.39, 0.29) is 17.9 Å². The van der Waals surface area contributed by atoms with Crippen molar-refractivity contribution in [1.29, 1.82) is 0 Å². The lowest BCUT2D eigenvalue weighted by Crippen LogP contribution is -2.29. The third-order valence-electron chi connectivity index (χ3n) is 2.72. The van der Waals surface area contributed by atoms with Gasteiger partial charge in [0, 0.05) is 11.6 Å². The summed E-state index contributed by atoms with van der Waals surface area (Å²) in [7, 11) is 1.62. The van der Waals surface area contributed by atoms with Gasteiger partial charge < -0.3 is 14.8 Å². The number of carbonyl (C=O) groups is 1. The zero-order chi connectivity index (χ0) is 11.5. The van der Waals surface area contributed by atoms with Gasteiger partial charge in [-0.15, -0.1) is 0 Å². The summed E-state index contributed by atoms with van der Waals surface area (Å²) in [6.07, 6.45) is 0. The zero-order valence-electron chi connectivity index (χ0n) is 9.40. The average molecular weight is 221 g/mol. The maximum atomic E-state index is 11.4. The molecule has 1 fully saturated rings. The normalized spacial score (nSPS) is 24.0. The molecule has 16 heavy (non-hydrogen) atoms. The average Bonchev–Trinajstić information content (AvgIpc) is 2.62. The second-order valence-electron chi connectivity index (χ2n) is 3.96. The Hall–Kier alpha value is -1.71. The fraction of sp³-hybridized carbons (Fsp3) is 0.417. The summed E-state index contributed by atoms with van der Waals surface area (Å²) in [5.41, 5.74) is 0.900. The number of nitrogens with one attached hydrogen (secondary N) is 1. The molecule has 0 aromatic heterocycles. The van der Waals surface area contributed by atoms with E-state index < -0.39 is 0 Å². The molecule has 1 aliphatic heterocycles. The molecule has 4 heteroatoms. The van der Waals surface area contributed by atoms with Gasteiger partial charge in [-0.3, -0.25) is 0 Å². The van der Waals surface area contributed by atoms with Crippen LogP contribution in [0.2, 0.25) is 0 Å². The van der Waals surface area contributed by atoms with Gasteiger partial charge in [0.1, 0.15) is 11.8 Å². The van der Waals surface area contributed by atoms with Crippen molar-refractivity contribution in [1.82, 2.24) is 0 Å². The minimum Gasteiger partial charge on any atom is -0.497 e. The molecule has 0 radical (unpaired) electrons. The Morgan fingerprint density at radius 1 is 1.38 bits per heavy atom. The highest BCUT2D eigenvalue weighted by Gasteiger charge is 2.33. The summed E-state index contributed by atoms with van der Waals surface area (Å²) >= 11 is 0. The molecule has 2 atom stereocenters. The van der Waals surface area contributed by atoms with Crippen LogP contribution in [0.5, 0.6) is 5.75 Å². The molecule has 1 N–H and O–H groups in total. The van der Waals surface area contributed by atoms with Gasteiger partial charge in [-0.25, -0.2) is 4.79 Å². The number of methoxy groups -OCH3 is 1. The Bertz CT molecular complexity index is 374. The Balaban J connectivity index is 2.05. The number of hydrogen-bond acceptors (Lipinski definition) is 4. The molecule has 0 bridgehead atoms. The molecule has 0 spiro atoms. The molecule has 4 nitrogen and oxygen atoms in total. The van der Waals surface area contributed by atoms with Crippen molar-refractivity contribution in [3.8, 4) is 5.75 Å². The van der Waals surface area contributed by atoms with Crippen LogP contribution in [0.25, 0.3) is 0 Å². The molecule has 1 heterocycles. The van der Waals surface area contributed by atoms with Crippen molar-refractivity contribution in [2.45, 2.75) is 13.0 Å². The first-order valence-corrected chi connectivity index (χ1v) is 5.28. The van der Waals surface area contributed by atoms with Crippen molar-refractivity contribution in [2.24, 2.45) is 5.92 Å². The molecule has 86 valence electrons. The maximum absolute atomic E-state index is 11.4. The van der Waals surface area contributed by atoms with E-state index in [1.165, 1.54) is 0 Å². The number of ether oxygens (including phenoxy) is 2. The summed E-state index contributed by atoms with van der Waals surface area (Å²) in [6, 6.07) is 7.24. The van der Waals surface area contributed by atoms with Crippen LogP contribution in [0.4, 0.5) is 5.69 Å². The molecule has 1 saturated heterocycles. The highest BCUT2D eigenvalue weighted by molar-refractivity contribution is 5.81. The second-order valence-corrected chi connectivity index (χ2v) is 3.96. The molecule has 1 aliphatic rings. The molecule has 0 aliphatic carbocycles. The quantitative estimate of drug-likeness (QED) is 0.789. The lowest BCUT2D eigenvalue weighted by molar-refractivity contribution is -0.138. The second kappa shape index (κ2) is 4.43. The fourth-order valence-electron chi connectivity index (χ4n) is 1.70. The zero-order valence-corrected chi connectivity index (χ0v) is 9.40. The first-order valence-electron chi connectivity index (χ1n) is 5.28. The van der Waals surface area contributed by atoms with Crippen molar-refractivity contribution in [3.63, 3.8) is 0 Å². The third-order valence-corrected chi connectivity index (χ3v) is 2.72. The number of carbonyl (C=O) groups excluding carboxylic acids is 1. The number of cyclic esters (lactones) is 1. The van der Waals surface area contributed by atoms with Crippen LogP contribution in [0.15, 0.2) is 24.3 Å². The Kier molecular flexibility index (Phi) is 2.99. The van der Waals surface area contributed by atoms with Crippen LogP contribution < -0.4 is 10.1 Å². The van der Waals surface area contributed by atoms with E-state index >= 15 is 0 Å². The van der Waals surface area contributed by atoms with Gasteiger partial charge in [-0.2, -0.15) is 0 Å². The van der Waals surface area contributed by atoms with Gasteiger partial charge in [0.05, 0.1) is 13.7 Å². The molecule has 0 unspecified atom stereocenters. The number of benzene rings is 1.